The van der Waals surface area contributed by atoms with Crippen LogP contribution in [0.5, 0.6) is 5.75 Å². The van der Waals surface area contributed by atoms with E-state index in [0.717, 1.165) is 0 Å². The number of anilines is 1. The fraction of sp³-hybridized carbons (Fsp3) is 0.467. The summed E-state index contributed by atoms with van der Waals surface area (Å²) in [4.78, 5) is 25.9. The number of nitrogens with one attached hydrogen (secondary N) is 1. The van der Waals surface area contributed by atoms with Crippen LogP contribution in [0.1, 0.15) is 20.8 Å². The highest BCUT2D eigenvalue weighted by Gasteiger charge is 2.38. The van der Waals surface area contributed by atoms with E-state index in [4.69, 9.17) is 4.74 Å². The number of amides is 2. The van der Waals surface area contributed by atoms with Crippen LogP contribution in [0.15, 0.2) is 24.3 Å². The van der Waals surface area contributed by atoms with E-state index >= 15 is 0 Å². The first-order valence-electron chi connectivity index (χ1n) is 6.87. The third kappa shape index (κ3) is 2.61. The van der Waals surface area contributed by atoms with Crippen LogP contribution in [-0.4, -0.2) is 31.0 Å². The maximum atomic E-state index is 12.3. The molecular formula is C15H20N2O3. The Morgan fingerprint density at radius 3 is 2.70 bits per heavy atom. The lowest BCUT2D eigenvalue weighted by molar-refractivity contribution is -0.131. The van der Waals surface area contributed by atoms with Crippen LogP contribution in [0.3, 0.4) is 0 Å². The summed E-state index contributed by atoms with van der Waals surface area (Å²) in [5.41, 5.74) is 0.660. The molecule has 1 aromatic carbocycles. The molecule has 1 aromatic rings. The largest absolute Gasteiger partial charge is 0.492 e. The third-order valence-corrected chi connectivity index (χ3v) is 3.29. The first-order valence-corrected chi connectivity index (χ1v) is 6.87. The zero-order chi connectivity index (χ0) is 14.7. The van der Waals surface area contributed by atoms with Crippen molar-refractivity contribution in [3.63, 3.8) is 0 Å². The Labute approximate surface area is 118 Å². The number of nitrogens with zero attached hydrogens (tertiary/aromatic N) is 1. The molecule has 1 heterocycles. The van der Waals surface area contributed by atoms with Gasteiger partial charge >= 0.3 is 0 Å². The minimum absolute atomic E-state index is 0.0222. The zero-order valence-electron chi connectivity index (χ0n) is 12.1. The fourth-order valence-corrected chi connectivity index (χ4v) is 2.44. The van der Waals surface area contributed by atoms with Crippen molar-refractivity contribution in [2.24, 2.45) is 5.92 Å². The summed E-state index contributed by atoms with van der Waals surface area (Å²) in [6, 6.07) is 6.83. The second-order valence-corrected chi connectivity index (χ2v) is 5.07. The van der Waals surface area contributed by atoms with Gasteiger partial charge in [-0.25, -0.2) is 0 Å². The van der Waals surface area contributed by atoms with Crippen molar-refractivity contribution in [3.8, 4) is 5.75 Å². The lowest BCUT2D eigenvalue weighted by atomic mass is 9.98. The van der Waals surface area contributed by atoms with E-state index in [2.05, 4.69) is 5.32 Å². The van der Waals surface area contributed by atoms with Gasteiger partial charge in [-0.1, -0.05) is 26.0 Å². The van der Waals surface area contributed by atoms with Crippen LogP contribution in [0.25, 0.3) is 0 Å². The topological polar surface area (TPSA) is 58.6 Å². The zero-order valence-corrected chi connectivity index (χ0v) is 12.1. The quantitative estimate of drug-likeness (QED) is 0.908. The van der Waals surface area contributed by atoms with E-state index in [1.54, 1.807) is 4.90 Å². The van der Waals surface area contributed by atoms with E-state index in [-0.39, 0.29) is 24.3 Å². The summed E-state index contributed by atoms with van der Waals surface area (Å²) in [5.74, 6) is 0.416. The van der Waals surface area contributed by atoms with Crippen molar-refractivity contribution in [1.29, 1.82) is 0 Å². The number of ether oxygens (including phenoxy) is 1. The molecule has 0 spiro atoms. The van der Waals surface area contributed by atoms with Crippen LogP contribution in [-0.2, 0) is 9.59 Å². The number of carbonyl (C=O) groups excluding carboxylic acids is 2. The Morgan fingerprint density at radius 2 is 2.05 bits per heavy atom. The van der Waals surface area contributed by atoms with Gasteiger partial charge < -0.3 is 10.1 Å². The molecule has 5 nitrogen and oxygen atoms in total. The molecule has 1 aliphatic rings. The van der Waals surface area contributed by atoms with Crippen LogP contribution < -0.4 is 15.0 Å². The second-order valence-electron chi connectivity index (χ2n) is 5.07. The average molecular weight is 276 g/mol. The summed E-state index contributed by atoms with van der Waals surface area (Å²) in [6.45, 7) is 6.29. The average Bonchev–Trinajstić information content (AvgIpc) is 2.42. The third-order valence-electron chi connectivity index (χ3n) is 3.29. The van der Waals surface area contributed by atoms with E-state index in [9.17, 15) is 9.59 Å². The molecule has 20 heavy (non-hydrogen) atoms. The van der Waals surface area contributed by atoms with Gasteiger partial charge in [0.1, 0.15) is 11.8 Å². The second kappa shape index (κ2) is 5.94. The highest BCUT2D eigenvalue weighted by atomic mass is 16.5. The summed E-state index contributed by atoms with van der Waals surface area (Å²) in [7, 11) is 0. The van der Waals surface area contributed by atoms with E-state index in [1.165, 1.54) is 0 Å². The molecule has 1 atom stereocenters. The Morgan fingerprint density at radius 1 is 1.35 bits per heavy atom. The highest BCUT2D eigenvalue weighted by Crippen LogP contribution is 2.32. The van der Waals surface area contributed by atoms with Gasteiger partial charge in [0.25, 0.3) is 0 Å². The van der Waals surface area contributed by atoms with Crippen LogP contribution in [0.2, 0.25) is 0 Å². The van der Waals surface area contributed by atoms with Gasteiger partial charge in [0, 0.05) is 0 Å². The predicted octanol–water partition coefficient (Wildman–Crippen LogP) is 1.57. The molecule has 2 rings (SSSR count). The van der Waals surface area contributed by atoms with Gasteiger partial charge in [-0.2, -0.15) is 0 Å². The number of hydrogen-bond acceptors (Lipinski definition) is 3. The normalized spacial score (nSPS) is 19.2. The molecule has 5 heteroatoms. The smallest absolute Gasteiger partial charge is 0.247 e. The molecule has 0 aliphatic carbocycles. The molecule has 1 N–H and O–H groups in total. The molecule has 1 saturated heterocycles. The molecule has 0 bridgehead atoms. The van der Waals surface area contributed by atoms with Gasteiger partial charge in [-0.05, 0) is 25.0 Å². The number of benzene rings is 1. The minimum Gasteiger partial charge on any atom is -0.492 e. The van der Waals surface area contributed by atoms with Gasteiger partial charge in [0.2, 0.25) is 11.8 Å². The Bertz CT molecular complexity index is 514. The molecular weight excluding hydrogens is 256 g/mol. The molecule has 1 fully saturated rings. The minimum atomic E-state index is -0.502. The summed E-state index contributed by atoms with van der Waals surface area (Å²) >= 11 is 0. The first-order chi connectivity index (χ1) is 9.56. The van der Waals surface area contributed by atoms with Crippen molar-refractivity contribution >= 4 is 17.5 Å². The van der Waals surface area contributed by atoms with E-state index in [0.29, 0.717) is 18.0 Å². The standard InChI is InChI=1S/C15H20N2O3/c1-4-20-12-8-6-5-7-11(12)17-13(18)9-16-15(19)14(17)10(2)3/h5-8,10,14H,4,9H2,1-3H3,(H,16,19). The van der Waals surface area contributed by atoms with Crippen LogP contribution in [0, 0.1) is 5.92 Å². The van der Waals surface area contributed by atoms with Gasteiger partial charge in [-0.3, -0.25) is 14.5 Å². The molecule has 1 unspecified atom stereocenters. The molecule has 0 aromatic heterocycles. The lowest BCUT2D eigenvalue weighted by Gasteiger charge is -2.37. The van der Waals surface area contributed by atoms with Gasteiger partial charge in [0.05, 0.1) is 18.8 Å². The van der Waals surface area contributed by atoms with E-state index < -0.39 is 6.04 Å². The summed E-state index contributed by atoms with van der Waals surface area (Å²) in [6.07, 6.45) is 0. The molecule has 1 aliphatic heterocycles. The van der Waals surface area contributed by atoms with Crippen molar-refractivity contribution in [2.75, 3.05) is 18.1 Å². The number of para-hydroxylation sites is 2. The number of piperazine rings is 1. The Hall–Kier alpha value is -2.04. The van der Waals surface area contributed by atoms with Crippen LogP contribution >= 0.6 is 0 Å². The van der Waals surface area contributed by atoms with Crippen molar-refractivity contribution in [2.45, 2.75) is 26.8 Å². The Balaban J connectivity index is 2.46. The molecule has 0 radical (unpaired) electrons. The number of carbonyl (C=O) groups is 2. The predicted molar refractivity (Wildman–Crippen MR) is 76.7 cm³/mol. The molecule has 108 valence electrons. The lowest BCUT2D eigenvalue weighted by Crippen LogP contribution is -2.60. The first kappa shape index (κ1) is 14.4. The van der Waals surface area contributed by atoms with Gasteiger partial charge in [0.15, 0.2) is 0 Å². The van der Waals surface area contributed by atoms with Crippen molar-refractivity contribution in [1.82, 2.24) is 5.32 Å². The number of rotatable bonds is 4. The molecule has 0 saturated carbocycles. The fourth-order valence-electron chi connectivity index (χ4n) is 2.44. The summed E-state index contributed by atoms with van der Waals surface area (Å²) < 4.78 is 5.58. The van der Waals surface area contributed by atoms with Crippen molar-refractivity contribution in [3.05, 3.63) is 24.3 Å². The summed E-state index contributed by atoms with van der Waals surface area (Å²) in [5, 5.41) is 2.64. The maximum Gasteiger partial charge on any atom is 0.247 e. The van der Waals surface area contributed by atoms with Gasteiger partial charge in [-0.15, -0.1) is 0 Å². The highest BCUT2D eigenvalue weighted by molar-refractivity contribution is 6.07. The molecule has 2 amide bonds. The maximum absolute atomic E-state index is 12.3. The monoisotopic (exact) mass is 276 g/mol. The van der Waals surface area contributed by atoms with E-state index in [1.807, 2.05) is 45.0 Å². The Kier molecular flexibility index (Phi) is 4.27. The van der Waals surface area contributed by atoms with Crippen LogP contribution in [0.4, 0.5) is 5.69 Å². The SMILES string of the molecule is CCOc1ccccc1N1C(=O)CNC(=O)C1C(C)C. The number of hydrogen-bond donors (Lipinski definition) is 1. The van der Waals surface area contributed by atoms with Crippen molar-refractivity contribution < 1.29 is 14.3 Å².